The molecule has 12 rings (SSSR count). The number of hydrogen-bond donors (Lipinski definition) is 0. The summed E-state index contributed by atoms with van der Waals surface area (Å²) < 4.78 is 13.3. The second-order valence-electron chi connectivity index (χ2n) is 15.5. The summed E-state index contributed by atoms with van der Waals surface area (Å²) in [6.07, 6.45) is 0. The van der Waals surface area contributed by atoms with Crippen LogP contribution in [0, 0.1) is 0 Å². The van der Waals surface area contributed by atoms with E-state index < -0.39 is 0 Å². The molecule has 0 fully saturated rings. The predicted molar refractivity (Wildman–Crippen MR) is 253 cm³/mol. The van der Waals surface area contributed by atoms with Crippen LogP contribution in [-0.4, -0.2) is 4.98 Å². The SMILES string of the molecule is c1ccc(-c2ccc(N(c3ccccc3)c3ccc(-c4cccc5c4oc4cc6ccccc6c(-c6ccc(-c7nc8ccccc8o7)c7ccccc67)c45)cc3)cc2)cc1. The van der Waals surface area contributed by atoms with Crippen LogP contribution < -0.4 is 4.90 Å². The summed E-state index contributed by atoms with van der Waals surface area (Å²) in [5.74, 6) is 0.615. The molecular formula is C57H36N2O2. The van der Waals surface area contributed by atoms with Crippen LogP contribution >= 0.6 is 0 Å². The van der Waals surface area contributed by atoms with E-state index in [1.54, 1.807) is 0 Å². The highest BCUT2D eigenvalue weighted by Crippen LogP contribution is 2.47. The van der Waals surface area contributed by atoms with E-state index in [0.29, 0.717) is 5.89 Å². The van der Waals surface area contributed by atoms with Crippen LogP contribution in [0.1, 0.15) is 0 Å². The molecule has 0 bridgehead atoms. The highest BCUT2D eigenvalue weighted by Gasteiger charge is 2.22. The number of aromatic nitrogens is 1. The maximum Gasteiger partial charge on any atom is 0.227 e. The zero-order valence-corrected chi connectivity index (χ0v) is 33.0. The molecule has 2 heterocycles. The Kier molecular flexibility index (Phi) is 8.13. The van der Waals surface area contributed by atoms with Crippen LogP contribution in [0.25, 0.3) is 99.4 Å². The van der Waals surface area contributed by atoms with Gasteiger partial charge >= 0.3 is 0 Å². The molecule has 0 aliphatic heterocycles. The summed E-state index contributed by atoms with van der Waals surface area (Å²) >= 11 is 0. The summed E-state index contributed by atoms with van der Waals surface area (Å²) in [5, 5.41) is 6.68. The first kappa shape index (κ1) is 34.8. The zero-order valence-electron chi connectivity index (χ0n) is 33.0. The van der Waals surface area contributed by atoms with E-state index >= 15 is 0 Å². The first-order chi connectivity index (χ1) is 30.2. The molecule has 0 saturated carbocycles. The van der Waals surface area contributed by atoms with Crippen LogP contribution in [0.4, 0.5) is 17.1 Å². The first-order valence-corrected chi connectivity index (χ1v) is 20.6. The molecule has 0 radical (unpaired) electrons. The van der Waals surface area contributed by atoms with Crippen molar-refractivity contribution in [2.45, 2.75) is 0 Å². The molecule has 0 unspecified atom stereocenters. The van der Waals surface area contributed by atoms with Gasteiger partial charge in [0.1, 0.15) is 16.7 Å². The fourth-order valence-corrected chi connectivity index (χ4v) is 9.07. The largest absolute Gasteiger partial charge is 0.455 e. The third kappa shape index (κ3) is 5.88. The van der Waals surface area contributed by atoms with E-state index in [1.165, 1.54) is 16.5 Å². The smallest absolute Gasteiger partial charge is 0.227 e. The van der Waals surface area contributed by atoms with Gasteiger partial charge in [-0.05, 0) is 104 Å². The predicted octanol–water partition coefficient (Wildman–Crippen LogP) is 16.2. The number of hydrogen-bond acceptors (Lipinski definition) is 4. The number of rotatable bonds is 7. The second kappa shape index (κ2) is 14.3. The molecule has 0 atom stereocenters. The van der Waals surface area contributed by atoms with Crippen LogP contribution in [0.3, 0.4) is 0 Å². The Morgan fingerprint density at radius 2 is 0.934 bits per heavy atom. The summed E-state index contributed by atoms with van der Waals surface area (Å²) in [7, 11) is 0. The van der Waals surface area contributed by atoms with Crippen molar-refractivity contribution in [3.05, 3.63) is 218 Å². The number of oxazole rings is 1. The van der Waals surface area contributed by atoms with Crippen molar-refractivity contribution in [3.63, 3.8) is 0 Å². The highest BCUT2D eigenvalue weighted by atomic mass is 16.3. The van der Waals surface area contributed by atoms with E-state index in [2.05, 4.69) is 199 Å². The quantitative estimate of drug-likeness (QED) is 0.162. The molecule has 0 amide bonds. The lowest BCUT2D eigenvalue weighted by atomic mass is 9.88. The van der Waals surface area contributed by atoms with Crippen LogP contribution in [0.15, 0.2) is 227 Å². The number of benzene rings is 10. The Bertz CT molecular complexity index is 3540. The van der Waals surface area contributed by atoms with E-state index in [9.17, 15) is 0 Å². The van der Waals surface area contributed by atoms with Gasteiger partial charge in [0, 0.05) is 44.5 Å². The molecule has 10 aromatic carbocycles. The molecule has 4 heteroatoms. The molecule has 2 aromatic heterocycles. The molecule has 0 spiro atoms. The van der Waals surface area contributed by atoms with Gasteiger partial charge in [-0.1, -0.05) is 158 Å². The Balaban J connectivity index is 0.993. The van der Waals surface area contributed by atoms with E-state index in [4.69, 9.17) is 13.8 Å². The standard InChI is InChI=1S/C57H36N2O2/c1-3-14-37(15-4-1)38-26-30-42(31-27-38)59(41-17-5-2-6-18-41)43-32-28-39(29-33-43)45-22-13-23-50-55-53(60-56(45)50)36-40-16-7-8-19-44(40)54(55)48-34-35-49(47-21-10-9-20-46(47)48)57-58-51-24-11-12-25-52(51)61-57/h1-36H. The van der Waals surface area contributed by atoms with Gasteiger partial charge in [0.05, 0.1) is 0 Å². The molecule has 12 aromatic rings. The van der Waals surface area contributed by atoms with Gasteiger partial charge in [0.15, 0.2) is 5.58 Å². The lowest BCUT2D eigenvalue weighted by Crippen LogP contribution is -2.09. The number of nitrogens with zero attached hydrogens (tertiary/aromatic N) is 2. The summed E-state index contributed by atoms with van der Waals surface area (Å²) in [5.41, 5.74) is 14.4. The third-order valence-corrected chi connectivity index (χ3v) is 11.9. The number of para-hydroxylation sites is 4. The van der Waals surface area contributed by atoms with Crippen molar-refractivity contribution < 1.29 is 8.83 Å². The first-order valence-electron chi connectivity index (χ1n) is 20.6. The lowest BCUT2D eigenvalue weighted by molar-refractivity contribution is 0.620. The van der Waals surface area contributed by atoms with Gasteiger partial charge in [-0.3, -0.25) is 0 Å². The molecule has 4 nitrogen and oxygen atoms in total. The second-order valence-corrected chi connectivity index (χ2v) is 15.5. The minimum atomic E-state index is 0.615. The van der Waals surface area contributed by atoms with E-state index in [1.807, 2.05) is 24.3 Å². The van der Waals surface area contributed by atoms with Crippen molar-refractivity contribution in [3.8, 4) is 44.8 Å². The van der Waals surface area contributed by atoms with Crippen molar-refractivity contribution in [2.75, 3.05) is 4.90 Å². The molecule has 61 heavy (non-hydrogen) atoms. The van der Waals surface area contributed by atoms with Gasteiger partial charge < -0.3 is 13.7 Å². The monoisotopic (exact) mass is 780 g/mol. The van der Waals surface area contributed by atoms with Crippen LogP contribution in [0.5, 0.6) is 0 Å². The van der Waals surface area contributed by atoms with E-state index in [0.717, 1.165) is 94.1 Å². The molecule has 0 aliphatic rings. The average molecular weight is 781 g/mol. The molecule has 286 valence electrons. The summed E-state index contributed by atoms with van der Waals surface area (Å²) in [6, 6.07) is 76.9. The maximum absolute atomic E-state index is 6.98. The molecule has 0 saturated heterocycles. The van der Waals surface area contributed by atoms with Crippen molar-refractivity contribution in [2.24, 2.45) is 0 Å². The van der Waals surface area contributed by atoms with E-state index in [-0.39, 0.29) is 0 Å². The summed E-state index contributed by atoms with van der Waals surface area (Å²) in [6.45, 7) is 0. The number of fused-ring (bicyclic) bond motifs is 6. The molecule has 0 aliphatic carbocycles. The Hall–Kier alpha value is -8.21. The number of anilines is 3. The fourth-order valence-electron chi connectivity index (χ4n) is 9.07. The van der Waals surface area contributed by atoms with Crippen molar-refractivity contribution >= 4 is 71.6 Å². The Labute approximate surface area is 352 Å². The van der Waals surface area contributed by atoms with Gasteiger partial charge in [0.2, 0.25) is 5.89 Å². The lowest BCUT2D eigenvalue weighted by Gasteiger charge is -2.26. The summed E-state index contributed by atoms with van der Waals surface area (Å²) in [4.78, 5) is 7.19. The Morgan fingerprint density at radius 1 is 0.361 bits per heavy atom. The topological polar surface area (TPSA) is 42.4 Å². The maximum atomic E-state index is 6.98. The average Bonchev–Trinajstić information content (AvgIpc) is 3.94. The zero-order chi connectivity index (χ0) is 40.3. The van der Waals surface area contributed by atoms with Crippen LogP contribution in [0.2, 0.25) is 0 Å². The van der Waals surface area contributed by atoms with Crippen LogP contribution in [-0.2, 0) is 0 Å². The molecular weight excluding hydrogens is 745 g/mol. The highest BCUT2D eigenvalue weighted by molar-refractivity contribution is 6.25. The van der Waals surface area contributed by atoms with Gasteiger partial charge in [-0.25, -0.2) is 4.98 Å². The number of furan rings is 1. The van der Waals surface area contributed by atoms with Gasteiger partial charge in [-0.15, -0.1) is 0 Å². The minimum absolute atomic E-state index is 0.615. The normalized spacial score (nSPS) is 11.6. The molecule has 0 N–H and O–H groups in total. The van der Waals surface area contributed by atoms with Crippen molar-refractivity contribution in [1.29, 1.82) is 0 Å². The fraction of sp³-hybridized carbons (Fsp3) is 0. The third-order valence-electron chi connectivity index (χ3n) is 11.9. The van der Waals surface area contributed by atoms with Crippen molar-refractivity contribution in [1.82, 2.24) is 4.98 Å². The Morgan fingerprint density at radius 3 is 1.69 bits per heavy atom. The van der Waals surface area contributed by atoms with Gasteiger partial charge in [-0.2, -0.15) is 0 Å². The minimum Gasteiger partial charge on any atom is -0.455 e. The van der Waals surface area contributed by atoms with Gasteiger partial charge in [0.25, 0.3) is 0 Å².